The fourth-order valence-corrected chi connectivity index (χ4v) is 5.52. The topological polar surface area (TPSA) is 115 Å². The Labute approximate surface area is 241 Å². The number of aromatic nitrogens is 2. The summed E-state index contributed by atoms with van der Waals surface area (Å²) in [5.41, 5.74) is 1.74. The maximum atomic E-state index is 13.3. The van der Waals surface area contributed by atoms with Crippen LogP contribution in [0.1, 0.15) is 39.4 Å². The number of ether oxygens (including phenoxy) is 2. The highest BCUT2D eigenvalue weighted by Crippen LogP contribution is 2.33. The monoisotopic (exact) mass is 573 g/mol. The van der Waals surface area contributed by atoms with Gasteiger partial charge in [-0.15, -0.1) is 16.4 Å². The number of rotatable bonds is 8. The summed E-state index contributed by atoms with van der Waals surface area (Å²) in [7, 11) is 0. The Morgan fingerprint density at radius 3 is 2.46 bits per heavy atom. The summed E-state index contributed by atoms with van der Waals surface area (Å²) in [6.07, 6.45) is 0.699. The molecule has 1 fully saturated rings. The molecule has 2 aromatic carbocycles. The van der Waals surface area contributed by atoms with Gasteiger partial charge < -0.3 is 25.0 Å². The van der Waals surface area contributed by atoms with Crippen LogP contribution in [0.3, 0.4) is 0 Å². The molecule has 0 radical (unpaired) electrons. The number of thiophene rings is 1. The lowest BCUT2D eigenvalue weighted by Crippen LogP contribution is -2.40. The highest BCUT2D eigenvalue weighted by molar-refractivity contribution is 7.20. The van der Waals surface area contributed by atoms with E-state index < -0.39 is 17.5 Å². The van der Waals surface area contributed by atoms with E-state index in [-0.39, 0.29) is 18.3 Å². The molecule has 41 heavy (non-hydrogen) atoms. The molecule has 212 valence electrons. The van der Waals surface area contributed by atoms with Crippen LogP contribution in [0.25, 0.3) is 10.2 Å². The molecule has 0 saturated carbocycles. The van der Waals surface area contributed by atoms with Crippen LogP contribution in [0.5, 0.6) is 0 Å². The predicted octanol–water partition coefficient (Wildman–Crippen LogP) is 5.02. The summed E-state index contributed by atoms with van der Waals surface area (Å²) < 4.78 is 11.7. The molecular weight excluding hydrogens is 542 g/mol. The number of amides is 2. The molecule has 5 rings (SSSR count). The van der Waals surface area contributed by atoms with Crippen LogP contribution < -0.4 is 15.5 Å². The number of nitrogens with one attached hydrogen (secondary N) is 2. The van der Waals surface area contributed by atoms with Crippen LogP contribution >= 0.6 is 11.3 Å². The van der Waals surface area contributed by atoms with Crippen LogP contribution in [0.15, 0.2) is 73.3 Å². The molecule has 0 atom stereocenters. The van der Waals surface area contributed by atoms with Gasteiger partial charge in [0.15, 0.2) is 5.82 Å². The third-order valence-corrected chi connectivity index (χ3v) is 7.85. The SMILES string of the molecule is C=CCOC(=O)n1nc(NC(=O)c2ccc(N3CCOCC3)cc2)c2cc(C(=O)NC(C)(C)c3ccccc3)sc21. The fourth-order valence-electron chi connectivity index (χ4n) is 4.52. The molecule has 0 aliphatic carbocycles. The molecule has 1 aliphatic heterocycles. The van der Waals surface area contributed by atoms with Crippen LogP contribution in [0.4, 0.5) is 16.3 Å². The van der Waals surface area contributed by atoms with Gasteiger partial charge in [-0.05, 0) is 49.7 Å². The summed E-state index contributed by atoms with van der Waals surface area (Å²) in [5.74, 6) is -0.565. The standard InChI is InChI=1S/C30H31N5O5S/c1-4-16-40-29(38)35-28-23(19-24(41-28)27(37)32-30(2,3)21-8-6-5-7-9-21)25(33-35)31-26(36)20-10-12-22(13-11-20)34-14-17-39-18-15-34/h4-13,19H,1,14-18H2,2-3H3,(H,32,37)(H,31,33,36). The van der Waals surface area contributed by atoms with Gasteiger partial charge in [-0.1, -0.05) is 43.0 Å². The number of anilines is 2. The summed E-state index contributed by atoms with van der Waals surface area (Å²) in [6.45, 7) is 10.3. The van der Waals surface area contributed by atoms with Crippen molar-refractivity contribution in [2.24, 2.45) is 0 Å². The largest absolute Gasteiger partial charge is 0.444 e. The Kier molecular flexibility index (Phi) is 8.18. The molecule has 3 heterocycles. The quantitative estimate of drug-likeness (QED) is 0.285. The Morgan fingerprint density at radius 2 is 1.78 bits per heavy atom. The van der Waals surface area contributed by atoms with Crippen LogP contribution in [0, 0.1) is 0 Å². The Bertz CT molecular complexity index is 1570. The highest BCUT2D eigenvalue weighted by Gasteiger charge is 2.27. The number of carbonyl (C=O) groups is 3. The van der Waals surface area contributed by atoms with Gasteiger partial charge in [-0.25, -0.2) is 4.79 Å². The maximum absolute atomic E-state index is 13.3. The minimum absolute atomic E-state index is 0.0125. The molecule has 1 saturated heterocycles. The van der Waals surface area contributed by atoms with Crippen molar-refractivity contribution in [2.75, 3.05) is 43.1 Å². The summed E-state index contributed by atoms with van der Waals surface area (Å²) in [5, 5.41) is 10.6. The second kappa shape index (κ2) is 11.9. The van der Waals surface area contributed by atoms with Crippen molar-refractivity contribution >= 4 is 51.0 Å². The average molecular weight is 574 g/mol. The molecule has 11 heteroatoms. The van der Waals surface area contributed by atoms with Crippen LogP contribution in [-0.2, 0) is 15.0 Å². The van der Waals surface area contributed by atoms with Crippen molar-refractivity contribution in [2.45, 2.75) is 19.4 Å². The van der Waals surface area contributed by atoms with Gasteiger partial charge in [0.1, 0.15) is 11.4 Å². The first kappa shape index (κ1) is 28.1. The molecule has 4 aromatic rings. The van der Waals surface area contributed by atoms with Crippen molar-refractivity contribution in [3.8, 4) is 0 Å². The van der Waals surface area contributed by atoms with E-state index in [1.807, 2.05) is 56.3 Å². The van der Waals surface area contributed by atoms with Crippen molar-refractivity contribution in [3.05, 3.63) is 89.3 Å². The average Bonchev–Trinajstić information content (AvgIpc) is 3.57. The maximum Gasteiger partial charge on any atom is 0.436 e. The zero-order valence-corrected chi connectivity index (χ0v) is 23.7. The molecule has 2 aromatic heterocycles. The van der Waals surface area contributed by atoms with E-state index >= 15 is 0 Å². The first-order chi connectivity index (χ1) is 19.8. The van der Waals surface area contributed by atoms with E-state index in [0.717, 1.165) is 40.4 Å². The molecule has 0 unspecified atom stereocenters. The van der Waals surface area contributed by atoms with Crippen molar-refractivity contribution in [1.82, 2.24) is 15.1 Å². The number of hydrogen-bond donors (Lipinski definition) is 2. The second-order valence-corrected chi connectivity index (χ2v) is 11.0. The van der Waals surface area contributed by atoms with Crippen molar-refractivity contribution in [1.29, 1.82) is 0 Å². The van der Waals surface area contributed by atoms with Gasteiger partial charge in [-0.2, -0.15) is 4.68 Å². The molecule has 0 spiro atoms. The predicted molar refractivity (Wildman–Crippen MR) is 159 cm³/mol. The highest BCUT2D eigenvalue weighted by atomic mass is 32.1. The number of nitrogens with zero attached hydrogens (tertiary/aromatic N) is 3. The van der Waals surface area contributed by atoms with E-state index in [4.69, 9.17) is 9.47 Å². The first-order valence-electron chi connectivity index (χ1n) is 13.2. The minimum atomic E-state index is -0.747. The van der Waals surface area contributed by atoms with Gasteiger partial charge in [0, 0.05) is 24.3 Å². The number of carbonyl (C=O) groups excluding carboxylic acids is 3. The zero-order chi connectivity index (χ0) is 29.0. The first-order valence-corrected chi connectivity index (χ1v) is 14.0. The van der Waals surface area contributed by atoms with Crippen molar-refractivity contribution in [3.63, 3.8) is 0 Å². The molecule has 2 amide bonds. The molecule has 10 nitrogen and oxygen atoms in total. The Hall–Kier alpha value is -4.48. The third-order valence-electron chi connectivity index (χ3n) is 6.74. The van der Waals surface area contributed by atoms with E-state index in [2.05, 4.69) is 27.2 Å². The van der Waals surface area contributed by atoms with Crippen LogP contribution in [-0.4, -0.2) is 60.6 Å². The van der Waals surface area contributed by atoms with Crippen LogP contribution in [0.2, 0.25) is 0 Å². The lowest BCUT2D eigenvalue weighted by Gasteiger charge is -2.28. The molecular formula is C30H31N5O5S. The zero-order valence-electron chi connectivity index (χ0n) is 22.9. The second-order valence-electron chi connectivity index (χ2n) is 10.0. The molecule has 1 aliphatic rings. The van der Waals surface area contributed by atoms with Gasteiger partial charge in [0.25, 0.3) is 11.8 Å². The number of morpholine rings is 1. The van der Waals surface area contributed by atoms with E-state index in [1.165, 1.54) is 6.08 Å². The summed E-state index contributed by atoms with van der Waals surface area (Å²) in [6, 6.07) is 18.5. The fraction of sp³-hybridized carbons (Fsp3) is 0.267. The van der Waals surface area contributed by atoms with Gasteiger partial charge in [-0.3, -0.25) is 9.59 Å². The molecule has 0 bridgehead atoms. The normalized spacial score (nSPS) is 13.6. The smallest absolute Gasteiger partial charge is 0.436 e. The Balaban J connectivity index is 1.41. The third kappa shape index (κ3) is 6.16. The van der Waals surface area contributed by atoms with E-state index in [9.17, 15) is 14.4 Å². The minimum Gasteiger partial charge on any atom is -0.444 e. The summed E-state index contributed by atoms with van der Waals surface area (Å²) >= 11 is 1.09. The lowest BCUT2D eigenvalue weighted by molar-refractivity contribution is 0.0915. The van der Waals surface area contributed by atoms with Crippen molar-refractivity contribution < 1.29 is 23.9 Å². The number of hydrogen-bond acceptors (Lipinski definition) is 8. The number of benzene rings is 2. The lowest BCUT2D eigenvalue weighted by atomic mass is 9.94. The summed E-state index contributed by atoms with van der Waals surface area (Å²) in [4.78, 5) is 42.2. The number of fused-ring (bicyclic) bond motifs is 1. The van der Waals surface area contributed by atoms with Gasteiger partial charge >= 0.3 is 6.09 Å². The van der Waals surface area contributed by atoms with E-state index in [0.29, 0.717) is 33.9 Å². The Morgan fingerprint density at radius 1 is 1.07 bits per heavy atom. The van der Waals surface area contributed by atoms with Gasteiger partial charge in [0.2, 0.25) is 0 Å². The molecule has 2 N–H and O–H groups in total. The van der Waals surface area contributed by atoms with E-state index in [1.54, 1.807) is 18.2 Å². The van der Waals surface area contributed by atoms with Gasteiger partial charge in [0.05, 0.1) is 29.0 Å².